The van der Waals surface area contributed by atoms with Gasteiger partial charge < -0.3 is 39.0 Å². The van der Waals surface area contributed by atoms with Crippen LogP contribution in [0.15, 0.2) is 24.5 Å². The fraction of sp³-hybridized carbons (Fsp3) is 0.720. The summed E-state index contributed by atoms with van der Waals surface area (Å²) in [5, 5.41) is 12.6. The number of ether oxygens (including phenoxy) is 4. The molecule has 2 aromatic rings. The van der Waals surface area contributed by atoms with Crippen molar-refractivity contribution in [3.05, 3.63) is 58.2 Å². The van der Waals surface area contributed by atoms with Gasteiger partial charge in [-0.1, -0.05) is 19.6 Å². The number of hydrogen-bond acceptors (Lipinski definition) is 11. The standard InChI is InChI=1S/C25H34N4O3.C24H33N3O4.CH4/c1-17-7-20-12-29(5-3-22(20)27-11-17)24(30)25-10-18(9-21(25)13-28(15-25)16-26)8-19-4-6-32-14-23(19)31-2;1-15-7-18-13-27(5-3-20(18)25-11-15)23(29)24-10-16(9-19(24)12-26-22(24)28)8-17-4-6-31-14-21(17)30-2;/h7,11,18-19,21,23H,3-6,8-10,12-15H2,1-2H3;7,11,16-17,19,21H,3-6,8-10,12-14H2,1-2H3,(H,26,28);1H4/t18-,19?,21+,23?,25+;16-,17?,19+,21?,24-;/m11./s1. The number of nitrogens with one attached hydrogen (secondary N) is 1. The Hall–Kier alpha value is -4.16. The first-order valence-corrected chi connectivity index (χ1v) is 23.6. The van der Waals surface area contributed by atoms with Crippen molar-refractivity contribution in [3.8, 4) is 6.19 Å². The number of nitriles is 1. The van der Waals surface area contributed by atoms with Crippen LogP contribution in [0.4, 0.5) is 0 Å². The number of amides is 3. The summed E-state index contributed by atoms with van der Waals surface area (Å²) >= 11 is 0. The van der Waals surface area contributed by atoms with Gasteiger partial charge in [-0.3, -0.25) is 24.4 Å². The van der Waals surface area contributed by atoms with Crippen LogP contribution in [0.3, 0.4) is 0 Å². The van der Waals surface area contributed by atoms with E-state index < -0.39 is 10.8 Å². The summed E-state index contributed by atoms with van der Waals surface area (Å²) in [7, 11) is 3.52. The number of carbonyl (C=O) groups is 3. The van der Waals surface area contributed by atoms with Crippen LogP contribution in [0, 0.1) is 71.6 Å². The zero-order valence-electron chi connectivity index (χ0n) is 37.8. The van der Waals surface area contributed by atoms with E-state index in [-0.39, 0.29) is 49.2 Å². The normalized spacial score (nSPS) is 34.0. The number of hydrogen-bond donors (Lipinski definition) is 1. The third-order valence-corrected chi connectivity index (χ3v) is 16.4. The smallest absolute Gasteiger partial charge is 0.238 e. The predicted molar refractivity (Wildman–Crippen MR) is 239 cm³/mol. The van der Waals surface area contributed by atoms with Crippen molar-refractivity contribution in [1.82, 2.24) is 30.0 Å². The number of fused-ring (bicyclic) bond motifs is 4. The second-order valence-electron chi connectivity index (χ2n) is 20.3. The Morgan fingerprint density at radius 3 is 1.95 bits per heavy atom. The van der Waals surface area contributed by atoms with Gasteiger partial charge in [0.2, 0.25) is 17.7 Å². The molecule has 8 aliphatic rings. The van der Waals surface area contributed by atoms with Gasteiger partial charge in [-0.15, -0.1) is 0 Å². The summed E-state index contributed by atoms with van der Waals surface area (Å²) in [6, 6.07) is 4.29. The molecule has 10 atom stereocenters. The molecule has 6 fully saturated rings. The van der Waals surface area contributed by atoms with Crippen LogP contribution in [0.1, 0.15) is 92.4 Å². The Bertz CT molecular complexity index is 2080. The van der Waals surface area contributed by atoms with Gasteiger partial charge in [0, 0.05) is 110 Å². The molecule has 14 nitrogen and oxygen atoms in total. The number of aromatic nitrogens is 2. The molecule has 64 heavy (non-hydrogen) atoms. The molecule has 6 aliphatic heterocycles. The fourth-order valence-electron chi connectivity index (χ4n) is 13.3. The summed E-state index contributed by atoms with van der Waals surface area (Å²) in [5.74, 6) is 2.39. The molecule has 0 spiro atoms. The van der Waals surface area contributed by atoms with Crippen molar-refractivity contribution in [2.75, 3.05) is 73.4 Å². The van der Waals surface area contributed by atoms with E-state index in [2.05, 4.69) is 40.5 Å². The molecule has 0 aromatic carbocycles. The van der Waals surface area contributed by atoms with Crippen molar-refractivity contribution >= 4 is 17.7 Å². The van der Waals surface area contributed by atoms with Crippen molar-refractivity contribution < 1.29 is 33.3 Å². The Labute approximate surface area is 380 Å². The lowest BCUT2D eigenvalue weighted by molar-refractivity contribution is -0.151. The Morgan fingerprint density at radius 1 is 0.844 bits per heavy atom. The second-order valence-corrected chi connectivity index (χ2v) is 20.3. The van der Waals surface area contributed by atoms with Crippen molar-refractivity contribution in [3.63, 3.8) is 0 Å². The van der Waals surface area contributed by atoms with Gasteiger partial charge in [0.1, 0.15) is 5.41 Å². The van der Waals surface area contributed by atoms with Gasteiger partial charge in [-0.25, -0.2) is 0 Å². The minimum Gasteiger partial charge on any atom is -0.379 e. The lowest BCUT2D eigenvalue weighted by Gasteiger charge is -2.37. The summed E-state index contributed by atoms with van der Waals surface area (Å²) in [6.07, 6.45) is 15.6. The zero-order chi connectivity index (χ0) is 43.9. The highest BCUT2D eigenvalue weighted by Gasteiger charge is 2.62. The molecule has 8 heterocycles. The molecule has 0 bridgehead atoms. The van der Waals surface area contributed by atoms with Gasteiger partial charge in [0.25, 0.3) is 0 Å². The Balaban J connectivity index is 0.000000172. The van der Waals surface area contributed by atoms with E-state index in [4.69, 9.17) is 18.9 Å². The molecule has 4 unspecified atom stereocenters. The number of carbonyl (C=O) groups excluding carboxylic acids is 3. The van der Waals surface area contributed by atoms with Gasteiger partial charge >= 0.3 is 0 Å². The first-order valence-electron chi connectivity index (χ1n) is 23.6. The fourth-order valence-corrected chi connectivity index (χ4v) is 13.3. The quantitative estimate of drug-likeness (QED) is 0.280. The van der Waals surface area contributed by atoms with Crippen LogP contribution in [0.2, 0.25) is 0 Å². The first-order chi connectivity index (χ1) is 30.5. The van der Waals surface area contributed by atoms with Gasteiger partial charge in [-0.05, 0) is 123 Å². The topological polar surface area (TPSA) is 159 Å². The van der Waals surface area contributed by atoms with Gasteiger partial charge in [0.05, 0.1) is 30.8 Å². The Kier molecular flexibility index (Phi) is 14.0. The molecular weight excluding hydrogens is 811 g/mol. The maximum Gasteiger partial charge on any atom is 0.238 e. The van der Waals surface area contributed by atoms with E-state index in [9.17, 15) is 19.6 Å². The summed E-state index contributed by atoms with van der Waals surface area (Å²) < 4.78 is 22.5. The van der Waals surface area contributed by atoms with E-state index >= 15 is 0 Å². The molecule has 14 heteroatoms. The average Bonchev–Trinajstić information content (AvgIpc) is 4.03. The first kappa shape index (κ1) is 46.4. The van der Waals surface area contributed by atoms with Gasteiger partial charge in [0.15, 0.2) is 6.19 Å². The second kappa shape index (κ2) is 19.4. The summed E-state index contributed by atoms with van der Waals surface area (Å²) in [5.41, 5.74) is 5.40. The zero-order valence-corrected chi connectivity index (χ0v) is 37.8. The number of pyridine rings is 2. The predicted octanol–water partition coefficient (Wildman–Crippen LogP) is 5.02. The maximum absolute atomic E-state index is 14.0. The number of aryl methyl sites for hydroxylation is 2. The van der Waals surface area contributed by atoms with Gasteiger partial charge in [-0.2, -0.15) is 5.26 Å². The van der Waals surface area contributed by atoms with Crippen LogP contribution in [-0.4, -0.2) is 128 Å². The largest absolute Gasteiger partial charge is 0.379 e. The number of methoxy groups -OCH3 is 2. The molecule has 2 aromatic heterocycles. The lowest BCUT2D eigenvalue weighted by Crippen LogP contribution is -2.50. The molecule has 4 saturated heterocycles. The van der Waals surface area contributed by atoms with E-state index in [1.54, 1.807) is 14.2 Å². The third kappa shape index (κ3) is 8.79. The summed E-state index contributed by atoms with van der Waals surface area (Å²) in [4.78, 5) is 55.9. The Morgan fingerprint density at radius 2 is 1.39 bits per heavy atom. The highest BCUT2D eigenvalue weighted by molar-refractivity contribution is 6.07. The molecule has 1 N–H and O–H groups in total. The minimum absolute atomic E-state index is 0. The van der Waals surface area contributed by atoms with Crippen LogP contribution in [0.5, 0.6) is 0 Å². The highest BCUT2D eigenvalue weighted by atomic mass is 16.5. The van der Waals surface area contributed by atoms with E-state index in [0.717, 1.165) is 106 Å². The molecule has 3 amide bonds. The van der Waals surface area contributed by atoms with Crippen molar-refractivity contribution in [2.45, 2.75) is 111 Å². The summed E-state index contributed by atoms with van der Waals surface area (Å²) in [6.45, 7) is 11.4. The van der Waals surface area contributed by atoms with E-state index in [1.807, 2.05) is 34.0 Å². The van der Waals surface area contributed by atoms with Crippen molar-refractivity contribution in [2.24, 2.45) is 46.3 Å². The highest BCUT2D eigenvalue weighted by Crippen LogP contribution is 2.55. The van der Waals surface area contributed by atoms with Crippen LogP contribution in [0.25, 0.3) is 0 Å². The molecule has 10 rings (SSSR count). The maximum atomic E-state index is 14.0. The average molecular weight is 882 g/mol. The number of likely N-dealkylation sites (tertiary alicyclic amines) is 1. The number of rotatable bonds is 8. The molecule has 2 saturated carbocycles. The van der Waals surface area contributed by atoms with Crippen LogP contribution in [-0.2, 0) is 59.3 Å². The molecule has 0 radical (unpaired) electrons. The van der Waals surface area contributed by atoms with E-state index in [1.165, 1.54) is 5.56 Å². The minimum atomic E-state index is -0.896. The van der Waals surface area contributed by atoms with E-state index in [0.29, 0.717) is 82.6 Å². The van der Waals surface area contributed by atoms with Crippen LogP contribution < -0.4 is 5.32 Å². The van der Waals surface area contributed by atoms with Crippen LogP contribution >= 0.6 is 0 Å². The molecule has 2 aliphatic carbocycles. The third-order valence-electron chi connectivity index (χ3n) is 16.4. The van der Waals surface area contributed by atoms with Crippen molar-refractivity contribution in [1.29, 1.82) is 5.26 Å². The monoisotopic (exact) mass is 882 g/mol. The molecule has 348 valence electrons. The molecular formula is C50H71N7O7. The lowest BCUT2D eigenvalue weighted by atomic mass is 9.77. The SMILES string of the molecule is C.COC1COCCC1C[C@@H]1C[C@H]2CN(C#N)C[C@@]2(C(=O)N2CCc3ncc(C)cc3C2)C1.COC1COCCC1C[C@@H]1C[C@H]2CNC(=O)[C@@]2(C(=O)N2CCc3ncc(C)cc3C2)C1. The number of nitrogens with zero attached hydrogens (tertiary/aromatic N) is 6.